The van der Waals surface area contributed by atoms with Gasteiger partial charge in [0.15, 0.2) is 11.2 Å². The summed E-state index contributed by atoms with van der Waals surface area (Å²) in [5, 5.41) is 12.7. The molecular weight excluding hydrogens is 1170 g/mol. The molecule has 4 aliphatic rings. The SMILES string of the molecule is CC(C)c1ccccc1-c1cccc2c1oc1c(N(c3ccc(C4CCCCC4)cc3)c3cc(C4CCCC4)c4ccc5c(N(c6ccc(C7CCCCC7)cc6)c6cccc7c6oc6c(-c8ccccc8C(C)C)cccc67)cc(C6CCCC6)c6ccc3c4c65)cccc12. The highest BCUT2D eigenvalue weighted by atomic mass is 16.3. The number of fused-ring (bicyclic) bond motifs is 6. The van der Waals surface area contributed by atoms with E-state index in [1.54, 1.807) is 0 Å². The second-order valence-corrected chi connectivity index (χ2v) is 29.9. The molecule has 18 rings (SSSR count). The van der Waals surface area contributed by atoms with Crippen LogP contribution in [0.25, 0.3) is 98.4 Å². The highest BCUT2D eigenvalue weighted by molar-refractivity contribution is 6.30. The third-order valence-corrected chi connectivity index (χ3v) is 23.7. The number of nitrogens with zero attached hydrogens (tertiary/aromatic N) is 2. The standard InChI is InChI=1S/C92H88N2O2/c1-57(2)67-31-15-17-33-69(67)73-35-19-37-75-77-39-21-41-83(91(77)95-89(73)75)93(65-47-43-61(44-48-65)59-23-7-5-8-24-59)85-55-81(63-27-11-12-28-63)71-52-54-80-86(56-82(64-29-13-14-30-64)72-51-53-79(85)87(71)88(72)80)94(66-49-45-62(46-50-66)60-25-9-6-10-26-60)84-42-22-40-78-76-38-20-36-74(90(76)96-92(78)84)70-34-18-16-32-68(70)58(3)4/h15-22,31-60,63-64H,5-14,23-30H2,1-4H3. The van der Waals surface area contributed by atoms with Crippen molar-refractivity contribution in [2.45, 2.75) is 179 Å². The lowest BCUT2D eigenvalue weighted by molar-refractivity contribution is 0.443. The number of rotatable bonds is 14. The maximum atomic E-state index is 7.58. The van der Waals surface area contributed by atoms with Gasteiger partial charge < -0.3 is 18.6 Å². The monoisotopic (exact) mass is 1250 g/mol. The minimum Gasteiger partial charge on any atom is -0.453 e. The lowest BCUT2D eigenvalue weighted by Crippen LogP contribution is -2.14. The fraction of sp³-hybridized carbons (Fsp3) is 0.304. The largest absolute Gasteiger partial charge is 0.453 e. The van der Waals surface area contributed by atoms with E-state index in [9.17, 15) is 0 Å². The van der Waals surface area contributed by atoms with Crippen molar-refractivity contribution in [2.75, 3.05) is 9.80 Å². The van der Waals surface area contributed by atoms with E-state index >= 15 is 0 Å². The van der Waals surface area contributed by atoms with Crippen LogP contribution in [0.4, 0.5) is 34.1 Å². The zero-order valence-corrected chi connectivity index (χ0v) is 56.5. The van der Waals surface area contributed by atoms with Crippen LogP contribution in [0.3, 0.4) is 0 Å². The van der Waals surface area contributed by atoms with Crippen molar-refractivity contribution in [3.05, 3.63) is 240 Å². The van der Waals surface area contributed by atoms with Gasteiger partial charge >= 0.3 is 0 Å². The highest BCUT2D eigenvalue weighted by Crippen LogP contribution is 2.56. The summed E-state index contributed by atoms with van der Waals surface area (Å²) >= 11 is 0. The van der Waals surface area contributed by atoms with Crippen molar-refractivity contribution in [1.29, 1.82) is 0 Å². The second kappa shape index (κ2) is 24.5. The lowest BCUT2D eigenvalue weighted by Gasteiger charge is -2.32. The van der Waals surface area contributed by atoms with Crippen molar-refractivity contribution in [3.8, 4) is 22.3 Å². The first-order valence-electron chi connectivity index (χ1n) is 37.0. The number of anilines is 6. The van der Waals surface area contributed by atoms with E-state index in [4.69, 9.17) is 8.83 Å². The minimum atomic E-state index is 0.357. The predicted octanol–water partition coefficient (Wildman–Crippen LogP) is 28.3. The first-order valence-corrected chi connectivity index (χ1v) is 37.0. The van der Waals surface area contributed by atoms with Crippen LogP contribution in [0, 0.1) is 0 Å². The van der Waals surface area contributed by atoms with Crippen molar-refractivity contribution in [1.82, 2.24) is 0 Å². The van der Waals surface area contributed by atoms with Gasteiger partial charge in [-0.25, -0.2) is 0 Å². The Morgan fingerprint density at radius 1 is 0.281 bits per heavy atom. The maximum absolute atomic E-state index is 7.58. The van der Waals surface area contributed by atoms with Crippen LogP contribution < -0.4 is 9.80 Å². The van der Waals surface area contributed by atoms with Gasteiger partial charge in [-0.1, -0.05) is 250 Å². The summed E-state index contributed by atoms with van der Waals surface area (Å²) in [7, 11) is 0. The third-order valence-electron chi connectivity index (χ3n) is 23.7. The molecule has 4 nitrogen and oxygen atoms in total. The van der Waals surface area contributed by atoms with E-state index in [2.05, 4.69) is 244 Å². The van der Waals surface area contributed by atoms with Gasteiger partial charge in [-0.3, -0.25) is 0 Å². The first-order chi connectivity index (χ1) is 47.3. The van der Waals surface area contributed by atoms with Crippen LogP contribution in [0.2, 0.25) is 0 Å². The molecule has 478 valence electrons. The average molecular weight is 1250 g/mol. The van der Waals surface area contributed by atoms with E-state index in [0.717, 1.165) is 77.8 Å². The first kappa shape index (κ1) is 59.4. The van der Waals surface area contributed by atoms with Crippen molar-refractivity contribution in [3.63, 3.8) is 0 Å². The zero-order chi connectivity index (χ0) is 64.1. The van der Waals surface area contributed by atoms with Crippen LogP contribution in [0.1, 0.15) is 212 Å². The van der Waals surface area contributed by atoms with E-state index in [1.807, 2.05) is 0 Å². The topological polar surface area (TPSA) is 32.8 Å². The van der Waals surface area contributed by atoms with E-state index in [1.165, 1.54) is 204 Å². The Labute approximate surface area is 566 Å². The summed E-state index contributed by atoms with van der Waals surface area (Å²) in [6.07, 6.45) is 22.7. The summed E-state index contributed by atoms with van der Waals surface area (Å²) in [6.45, 7) is 9.21. The van der Waals surface area contributed by atoms with Gasteiger partial charge in [-0.05, 0) is 201 Å². The molecule has 0 saturated heterocycles. The van der Waals surface area contributed by atoms with E-state index < -0.39 is 0 Å². The molecule has 4 fully saturated rings. The molecule has 0 N–H and O–H groups in total. The minimum absolute atomic E-state index is 0.357. The Morgan fingerprint density at radius 3 is 1.01 bits per heavy atom. The van der Waals surface area contributed by atoms with Gasteiger partial charge in [-0.15, -0.1) is 0 Å². The fourth-order valence-corrected chi connectivity index (χ4v) is 18.9. The van der Waals surface area contributed by atoms with Gasteiger partial charge in [0.05, 0.1) is 22.7 Å². The molecule has 0 aliphatic heterocycles. The van der Waals surface area contributed by atoms with Gasteiger partial charge in [0, 0.05) is 54.8 Å². The van der Waals surface area contributed by atoms with Gasteiger partial charge in [0.1, 0.15) is 11.2 Å². The van der Waals surface area contributed by atoms with Crippen LogP contribution in [0.15, 0.2) is 215 Å². The molecule has 12 aromatic carbocycles. The Balaban J connectivity index is 0.915. The third kappa shape index (κ3) is 9.96. The van der Waals surface area contributed by atoms with Crippen LogP contribution in [0.5, 0.6) is 0 Å². The zero-order valence-electron chi connectivity index (χ0n) is 56.5. The summed E-state index contributed by atoms with van der Waals surface area (Å²) in [5.41, 5.74) is 23.9. The van der Waals surface area contributed by atoms with Crippen LogP contribution >= 0.6 is 0 Å². The highest BCUT2D eigenvalue weighted by Gasteiger charge is 2.33. The van der Waals surface area contributed by atoms with E-state index in [0.29, 0.717) is 35.5 Å². The second-order valence-electron chi connectivity index (χ2n) is 29.9. The lowest BCUT2D eigenvalue weighted by atomic mass is 9.82. The van der Waals surface area contributed by atoms with Crippen LogP contribution in [-0.4, -0.2) is 0 Å². The van der Waals surface area contributed by atoms with Crippen molar-refractivity contribution < 1.29 is 8.83 Å². The molecule has 0 radical (unpaired) electrons. The molecular formula is C92H88N2O2. The maximum Gasteiger partial charge on any atom is 0.159 e. The van der Waals surface area contributed by atoms with Gasteiger partial charge in [0.25, 0.3) is 0 Å². The molecule has 2 heterocycles. The van der Waals surface area contributed by atoms with Crippen molar-refractivity contribution >= 4 is 110 Å². The van der Waals surface area contributed by atoms with E-state index in [-0.39, 0.29) is 0 Å². The average Bonchev–Trinajstić information content (AvgIpc) is 0.845. The predicted molar refractivity (Wildman–Crippen MR) is 407 cm³/mol. The van der Waals surface area contributed by atoms with Gasteiger partial charge in [-0.2, -0.15) is 0 Å². The molecule has 0 unspecified atom stereocenters. The Kier molecular flexibility index (Phi) is 15.2. The summed E-state index contributed by atoms with van der Waals surface area (Å²) in [5.74, 6) is 2.77. The Hall–Kier alpha value is -9.12. The molecule has 0 atom stereocenters. The van der Waals surface area contributed by atoms with Crippen molar-refractivity contribution in [2.24, 2.45) is 0 Å². The smallest absolute Gasteiger partial charge is 0.159 e. The molecule has 0 amide bonds. The molecule has 4 saturated carbocycles. The summed E-state index contributed by atoms with van der Waals surface area (Å²) in [4.78, 5) is 5.24. The normalized spacial score (nSPS) is 16.4. The molecule has 14 aromatic rings. The molecule has 0 bridgehead atoms. The number of benzene rings is 12. The number of para-hydroxylation sites is 4. The van der Waals surface area contributed by atoms with Crippen LogP contribution in [-0.2, 0) is 0 Å². The Bertz CT molecular complexity index is 4900. The quantitative estimate of drug-likeness (QED) is 0.102. The number of hydrogen-bond donors (Lipinski definition) is 0. The number of hydrogen-bond acceptors (Lipinski definition) is 4. The summed E-state index contributed by atoms with van der Waals surface area (Å²) in [6, 6.07) is 80.3. The molecule has 4 aliphatic carbocycles. The van der Waals surface area contributed by atoms with Gasteiger partial charge in [0.2, 0.25) is 0 Å². The Morgan fingerprint density at radius 2 is 0.615 bits per heavy atom. The molecule has 4 heteroatoms. The number of furan rings is 2. The molecule has 96 heavy (non-hydrogen) atoms. The summed E-state index contributed by atoms with van der Waals surface area (Å²) < 4.78 is 15.2. The fourth-order valence-electron chi connectivity index (χ4n) is 18.9. The molecule has 0 spiro atoms. The molecule has 2 aromatic heterocycles.